The van der Waals surface area contributed by atoms with Crippen molar-refractivity contribution < 1.29 is 31.5 Å². The van der Waals surface area contributed by atoms with E-state index in [-0.39, 0.29) is 40.6 Å². The number of piperazine rings is 1. The molecule has 4 rings (SSSR count). The normalized spacial score (nSPS) is 23.7. The zero-order valence-electron chi connectivity index (χ0n) is 22.1. The average Bonchev–Trinajstić information content (AvgIpc) is 2.87. The van der Waals surface area contributed by atoms with Crippen molar-refractivity contribution in [3.8, 4) is 0 Å². The lowest BCUT2D eigenvalue weighted by Crippen LogP contribution is -2.53. The molecular formula is C25H36Cl2F2N4O5S. The summed E-state index contributed by atoms with van der Waals surface area (Å²) in [6.07, 6.45) is -1.31. The van der Waals surface area contributed by atoms with Crippen molar-refractivity contribution in [1.29, 1.82) is 0 Å². The summed E-state index contributed by atoms with van der Waals surface area (Å²) in [4.78, 5) is 19.0. The Balaban J connectivity index is 1.30. The number of carbonyl (C=O) groups excluding carboxylic acids is 1. The molecule has 0 aromatic heterocycles. The van der Waals surface area contributed by atoms with Crippen LogP contribution in [0, 0.1) is 6.92 Å². The van der Waals surface area contributed by atoms with Gasteiger partial charge in [-0.2, -0.15) is 4.31 Å². The molecule has 3 fully saturated rings. The van der Waals surface area contributed by atoms with Crippen LogP contribution in [0.1, 0.15) is 18.4 Å². The van der Waals surface area contributed by atoms with Crippen LogP contribution in [0.2, 0.25) is 10.0 Å². The highest BCUT2D eigenvalue weighted by Gasteiger charge is 2.46. The molecule has 3 aliphatic rings. The molecule has 1 aromatic carbocycles. The second-order valence-corrected chi connectivity index (χ2v) is 13.0. The third-order valence-electron chi connectivity index (χ3n) is 7.50. The van der Waals surface area contributed by atoms with E-state index in [1.54, 1.807) is 11.8 Å². The van der Waals surface area contributed by atoms with E-state index >= 15 is 0 Å². The molecule has 3 saturated heterocycles. The summed E-state index contributed by atoms with van der Waals surface area (Å²) in [7, 11) is -4.21. The highest BCUT2D eigenvalue weighted by Crippen LogP contribution is 2.38. The summed E-state index contributed by atoms with van der Waals surface area (Å²) in [5, 5.41) is 0.203. The predicted molar refractivity (Wildman–Crippen MR) is 144 cm³/mol. The van der Waals surface area contributed by atoms with Crippen LogP contribution >= 0.6 is 23.2 Å². The van der Waals surface area contributed by atoms with Crippen LogP contribution in [0.15, 0.2) is 17.0 Å². The van der Waals surface area contributed by atoms with Gasteiger partial charge in [0.1, 0.15) is 11.5 Å². The summed E-state index contributed by atoms with van der Waals surface area (Å²) in [5.41, 5.74) is 0.323. The second kappa shape index (κ2) is 13.2. The third-order valence-corrected chi connectivity index (χ3v) is 10.3. The van der Waals surface area contributed by atoms with Crippen molar-refractivity contribution in [2.24, 2.45) is 0 Å². The molecule has 1 aromatic rings. The van der Waals surface area contributed by atoms with Crippen LogP contribution in [0.5, 0.6) is 0 Å². The molecule has 1 atom stereocenters. The van der Waals surface area contributed by atoms with Gasteiger partial charge in [-0.25, -0.2) is 17.2 Å². The highest BCUT2D eigenvalue weighted by molar-refractivity contribution is 7.89. The minimum atomic E-state index is -4.21. The molecule has 0 spiro atoms. The number of rotatable bonds is 9. The van der Waals surface area contributed by atoms with Gasteiger partial charge in [-0.3, -0.25) is 14.6 Å². The number of morpholine rings is 1. The van der Waals surface area contributed by atoms with Crippen molar-refractivity contribution in [3.05, 3.63) is 27.7 Å². The van der Waals surface area contributed by atoms with Crippen molar-refractivity contribution in [2.45, 2.75) is 36.6 Å². The standard InChI is InChI=1S/C25H36Cl2F2N4O5S/c1-19-14-20(26)15-22(27)24(19)39(35,36)33-3-2-25(28,29)16-21(33)17-38-18-23(34)32-8-6-30(7-9-32)4-5-31-10-12-37-13-11-31/h14-15,21H,2-13,16-18H2,1H3/t21-/m0/s1. The molecule has 1 amide bonds. The number of aryl methyl sites for hydroxylation is 1. The highest BCUT2D eigenvalue weighted by atomic mass is 35.5. The SMILES string of the molecule is Cc1cc(Cl)cc(Cl)c1S(=O)(=O)N1CCC(F)(F)C[C@H]1COCC(=O)N1CCN(CCN2CCOCC2)CC1. The van der Waals surface area contributed by atoms with Gasteiger partial charge in [0.25, 0.3) is 5.92 Å². The van der Waals surface area contributed by atoms with Gasteiger partial charge in [0, 0.05) is 76.8 Å². The van der Waals surface area contributed by atoms with E-state index in [0.717, 1.165) is 56.8 Å². The topological polar surface area (TPSA) is 82.6 Å². The number of amides is 1. The second-order valence-electron chi connectivity index (χ2n) is 10.3. The Morgan fingerprint density at radius 3 is 2.33 bits per heavy atom. The Kier molecular flexibility index (Phi) is 10.5. The van der Waals surface area contributed by atoms with Crippen LogP contribution < -0.4 is 0 Å². The number of alkyl halides is 2. The summed E-state index contributed by atoms with van der Waals surface area (Å²) in [6, 6.07) is 1.63. The lowest BCUT2D eigenvalue weighted by molar-refractivity contribution is -0.139. The zero-order valence-corrected chi connectivity index (χ0v) is 24.4. The van der Waals surface area contributed by atoms with E-state index in [9.17, 15) is 22.0 Å². The number of hydrogen-bond acceptors (Lipinski definition) is 7. The van der Waals surface area contributed by atoms with E-state index in [1.165, 1.54) is 12.1 Å². The predicted octanol–water partition coefficient (Wildman–Crippen LogP) is 2.58. The van der Waals surface area contributed by atoms with Gasteiger partial charge in [-0.1, -0.05) is 23.2 Å². The number of piperidine rings is 1. The first-order valence-corrected chi connectivity index (χ1v) is 15.4. The maximum Gasteiger partial charge on any atom is 0.251 e. The Morgan fingerprint density at radius 1 is 1.05 bits per heavy atom. The van der Waals surface area contributed by atoms with Crippen LogP contribution in [-0.4, -0.2) is 131 Å². The maximum absolute atomic E-state index is 14.3. The van der Waals surface area contributed by atoms with Crippen LogP contribution in [-0.2, 0) is 24.3 Å². The molecule has 14 heteroatoms. The Hall–Kier alpha value is -1.12. The molecule has 0 unspecified atom stereocenters. The van der Waals surface area contributed by atoms with Crippen LogP contribution in [0.4, 0.5) is 8.78 Å². The van der Waals surface area contributed by atoms with Crippen molar-refractivity contribution in [3.63, 3.8) is 0 Å². The lowest BCUT2D eigenvalue weighted by Gasteiger charge is -2.39. The fraction of sp³-hybridized carbons (Fsp3) is 0.720. The van der Waals surface area contributed by atoms with E-state index in [4.69, 9.17) is 32.7 Å². The fourth-order valence-corrected chi connectivity index (χ4v) is 8.05. The molecule has 3 heterocycles. The van der Waals surface area contributed by atoms with Crippen molar-refractivity contribution in [2.75, 3.05) is 85.3 Å². The summed E-state index contributed by atoms with van der Waals surface area (Å²) >= 11 is 12.2. The summed E-state index contributed by atoms with van der Waals surface area (Å²) < 4.78 is 67.6. The average molecular weight is 614 g/mol. The Morgan fingerprint density at radius 2 is 1.69 bits per heavy atom. The molecule has 0 N–H and O–H groups in total. The Labute approximate surface area is 238 Å². The summed E-state index contributed by atoms with van der Waals surface area (Å²) in [6.45, 7) is 8.44. The molecule has 0 bridgehead atoms. The van der Waals surface area contributed by atoms with Gasteiger partial charge in [0.05, 0.1) is 30.9 Å². The van der Waals surface area contributed by atoms with Gasteiger partial charge in [0.15, 0.2) is 0 Å². The maximum atomic E-state index is 14.3. The molecule has 0 radical (unpaired) electrons. The van der Waals surface area contributed by atoms with E-state index in [2.05, 4.69) is 9.80 Å². The number of benzene rings is 1. The molecular weight excluding hydrogens is 577 g/mol. The zero-order chi connectivity index (χ0) is 28.2. The Bertz CT molecular complexity index is 1090. The minimum absolute atomic E-state index is 0.0729. The first-order chi connectivity index (χ1) is 18.5. The number of ether oxygens (including phenoxy) is 2. The first kappa shape index (κ1) is 30.8. The van der Waals surface area contributed by atoms with Crippen LogP contribution in [0.3, 0.4) is 0 Å². The fourth-order valence-electron chi connectivity index (χ4n) is 5.30. The van der Waals surface area contributed by atoms with Gasteiger partial charge in [0.2, 0.25) is 15.9 Å². The van der Waals surface area contributed by atoms with Gasteiger partial charge in [-0.05, 0) is 24.6 Å². The molecule has 0 saturated carbocycles. The first-order valence-electron chi connectivity index (χ1n) is 13.2. The lowest BCUT2D eigenvalue weighted by atomic mass is 10.0. The smallest absolute Gasteiger partial charge is 0.251 e. The monoisotopic (exact) mass is 612 g/mol. The summed E-state index contributed by atoms with van der Waals surface area (Å²) in [5.74, 6) is -3.28. The van der Waals surface area contributed by atoms with Gasteiger partial charge >= 0.3 is 0 Å². The molecule has 39 heavy (non-hydrogen) atoms. The number of nitrogens with zero attached hydrogens (tertiary/aromatic N) is 4. The third kappa shape index (κ3) is 8.00. The van der Waals surface area contributed by atoms with Crippen molar-refractivity contribution >= 4 is 39.1 Å². The number of halogens is 4. The quantitative estimate of drug-likeness (QED) is 0.424. The molecule has 220 valence electrons. The van der Waals surface area contributed by atoms with E-state index in [1.807, 2.05) is 0 Å². The number of sulfonamides is 1. The van der Waals surface area contributed by atoms with E-state index < -0.39 is 34.8 Å². The minimum Gasteiger partial charge on any atom is -0.379 e. The van der Waals surface area contributed by atoms with E-state index in [0.29, 0.717) is 18.7 Å². The largest absolute Gasteiger partial charge is 0.379 e. The van der Waals surface area contributed by atoms with Crippen molar-refractivity contribution in [1.82, 2.24) is 19.0 Å². The number of hydrogen-bond donors (Lipinski definition) is 0. The van der Waals surface area contributed by atoms with Gasteiger partial charge < -0.3 is 14.4 Å². The molecule has 3 aliphatic heterocycles. The molecule has 0 aliphatic carbocycles. The molecule has 9 nitrogen and oxygen atoms in total. The van der Waals surface area contributed by atoms with Gasteiger partial charge in [-0.15, -0.1) is 0 Å². The van der Waals surface area contributed by atoms with Crippen LogP contribution in [0.25, 0.3) is 0 Å². The number of carbonyl (C=O) groups is 1.